The summed E-state index contributed by atoms with van der Waals surface area (Å²) < 4.78 is 5.06. The summed E-state index contributed by atoms with van der Waals surface area (Å²) in [6.45, 7) is 0.781. The fourth-order valence-electron chi connectivity index (χ4n) is 1.26. The monoisotopic (exact) mass is 440 g/mol. The molecule has 0 aliphatic heterocycles. The summed E-state index contributed by atoms with van der Waals surface area (Å²) in [6.07, 6.45) is 1.99. The molecule has 0 saturated carbocycles. The molecule has 0 radical (unpaired) electrons. The minimum absolute atomic E-state index is 0.781. The van der Waals surface area contributed by atoms with E-state index in [9.17, 15) is 0 Å². The highest BCUT2D eigenvalue weighted by Crippen LogP contribution is 2.20. The third-order valence-corrected chi connectivity index (χ3v) is 4.86. The summed E-state index contributed by atoms with van der Waals surface area (Å²) in [7, 11) is 0. The van der Waals surface area contributed by atoms with Crippen LogP contribution in [0.2, 0.25) is 0 Å². The zero-order valence-electron chi connectivity index (χ0n) is 7.62. The van der Waals surface area contributed by atoms with Crippen molar-refractivity contribution in [3.8, 4) is 0 Å². The van der Waals surface area contributed by atoms with E-state index in [-0.39, 0.29) is 0 Å². The van der Waals surface area contributed by atoms with Gasteiger partial charge in [-0.3, -0.25) is 4.68 Å². The third-order valence-electron chi connectivity index (χ3n) is 1.97. The molecule has 0 N–H and O–H groups in total. The van der Waals surface area contributed by atoms with Crippen LogP contribution in [0, 0.1) is 3.70 Å². The van der Waals surface area contributed by atoms with Crippen LogP contribution in [0.3, 0.4) is 0 Å². The molecule has 0 aliphatic carbocycles. The Bertz CT molecular complexity index is 463. The highest BCUT2D eigenvalue weighted by atomic mass is 127. The molecule has 78 valence electrons. The summed E-state index contributed by atoms with van der Waals surface area (Å²) in [5.41, 5.74) is 1.23. The lowest BCUT2D eigenvalue weighted by molar-refractivity contribution is 0.679. The number of nitrogens with zero attached hydrogens (tertiary/aromatic N) is 2. The first-order valence-corrected chi connectivity index (χ1v) is 6.95. The smallest absolute Gasteiger partial charge is 0.137 e. The van der Waals surface area contributed by atoms with Crippen LogP contribution in [0.15, 0.2) is 39.4 Å². The van der Waals surface area contributed by atoms with Gasteiger partial charge >= 0.3 is 0 Å². The standard InChI is InChI=1S/C10H7Br2IN2/c11-8-4-2-1-3-7(8)5-15-6-9(12)10(13)14-15/h1-4,6H,5H2. The van der Waals surface area contributed by atoms with Crippen LogP contribution < -0.4 is 0 Å². The van der Waals surface area contributed by atoms with E-state index in [0.29, 0.717) is 0 Å². The number of rotatable bonds is 2. The Morgan fingerprint density at radius 2 is 1.93 bits per heavy atom. The number of aromatic nitrogens is 2. The second-order valence-electron chi connectivity index (χ2n) is 3.06. The first-order chi connectivity index (χ1) is 7.16. The summed E-state index contributed by atoms with van der Waals surface area (Å²) in [6, 6.07) is 8.17. The fourth-order valence-corrected chi connectivity index (χ4v) is 2.40. The highest BCUT2D eigenvalue weighted by Gasteiger charge is 2.04. The Hall–Kier alpha value is 0.120. The van der Waals surface area contributed by atoms with Gasteiger partial charge in [0.2, 0.25) is 0 Å². The predicted molar refractivity (Wildman–Crippen MR) is 75.9 cm³/mol. The molecule has 15 heavy (non-hydrogen) atoms. The van der Waals surface area contributed by atoms with Crippen LogP contribution in [0.4, 0.5) is 0 Å². The van der Waals surface area contributed by atoms with Crippen molar-refractivity contribution < 1.29 is 0 Å². The zero-order valence-corrected chi connectivity index (χ0v) is 13.0. The van der Waals surface area contributed by atoms with Crippen LogP contribution in [-0.4, -0.2) is 9.78 Å². The van der Waals surface area contributed by atoms with Gasteiger partial charge < -0.3 is 0 Å². The van der Waals surface area contributed by atoms with E-state index >= 15 is 0 Å². The number of hydrogen-bond donors (Lipinski definition) is 0. The maximum Gasteiger partial charge on any atom is 0.137 e. The van der Waals surface area contributed by atoms with E-state index in [1.54, 1.807) is 0 Å². The van der Waals surface area contributed by atoms with Crippen molar-refractivity contribution in [2.45, 2.75) is 6.54 Å². The maximum absolute atomic E-state index is 4.38. The first kappa shape index (κ1) is 11.6. The van der Waals surface area contributed by atoms with Crippen molar-refractivity contribution >= 4 is 54.5 Å². The van der Waals surface area contributed by atoms with Crippen LogP contribution in [0.5, 0.6) is 0 Å². The van der Waals surface area contributed by atoms with Gasteiger partial charge in [0.15, 0.2) is 0 Å². The normalized spacial score (nSPS) is 10.6. The van der Waals surface area contributed by atoms with Gasteiger partial charge in [-0.1, -0.05) is 34.1 Å². The molecule has 1 aromatic carbocycles. The lowest BCUT2D eigenvalue weighted by Gasteiger charge is -2.03. The molecule has 2 nitrogen and oxygen atoms in total. The summed E-state index contributed by atoms with van der Waals surface area (Å²) in [5, 5.41) is 4.38. The van der Waals surface area contributed by atoms with Crippen molar-refractivity contribution in [1.82, 2.24) is 9.78 Å². The zero-order chi connectivity index (χ0) is 10.8. The van der Waals surface area contributed by atoms with Crippen LogP contribution in [0.25, 0.3) is 0 Å². The van der Waals surface area contributed by atoms with Gasteiger partial charge in [0.1, 0.15) is 3.70 Å². The van der Waals surface area contributed by atoms with Crippen LogP contribution in [0.1, 0.15) is 5.56 Å². The van der Waals surface area contributed by atoms with Crippen molar-refractivity contribution in [3.05, 3.63) is 48.7 Å². The predicted octanol–water partition coefficient (Wildman–Crippen LogP) is 4.06. The molecule has 0 amide bonds. The van der Waals surface area contributed by atoms with Crippen LogP contribution >= 0.6 is 54.5 Å². The molecule has 0 atom stereocenters. The van der Waals surface area contributed by atoms with Gasteiger partial charge in [-0.05, 0) is 50.2 Å². The molecule has 1 heterocycles. The van der Waals surface area contributed by atoms with E-state index in [2.05, 4.69) is 65.6 Å². The molecule has 0 aliphatic rings. The van der Waals surface area contributed by atoms with Gasteiger partial charge in [-0.25, -0.2) is 0 Å². The second-order valence-corrected chi connectivity index (χ2v) is 5.79. The van der Waals surface area contributed by atoms with Gasteiger partial charge in [0, 0.05) is 10.7 Å². The van der Waals surface area contributed by atoms with Crippen molar-refractivity contribution in [2.75, 3.05) is 0 Å². The number of halogens is 3. The molecule has 1 aromatic heterocycles. The Morgan fingerprint density at radius 1 is 1.20 bits per heavy atom. The Balaban J connectivity index is 2.26. The summed E-state index contributed by atoms with van der Waals surface area (Å²) in [4.78, 5) is 0. The number of benzene rings is 1. The molecule has 0 unspecified atom stereocenters. The van der Waals surface area contributed by atoms with E-state index in [1.807, 2.05) is 29.1 Å². The first-order valence-electron chi connectivity index (χ1n) is 4.28. The summed E-state index contributed by atoms with van der Waals surface area (Å²) in [5.74, 6) is 0. The van der Waals surface area contributed by atoms with Gasteiger partial charge in [-0.2, -0.15) is 5.10 Å². The maximum atomic E-state index is 4.38. The minimum atomic E-state index is 0.781. The number of hydrogen-bond acceptors (Lipinski definition) is 1. The van der Waals surface area contributed by atoms with Crippen LogP contribution in [-0.2, 0) is 6.54 Å². The lowest BCUT2D eigenvalue weighted by Crippen LogP contribution is -2.00. The van der Waals surface area contributed by atoms with Crippen molar-refractivity contribution in [1.29, 1.82) is 0 Å². The van der Waals surface area contributed by atoms with Gasteiger partial charge in [0.05, 0.1) is 11.0 Å². The average Bonchev–Trinajstić information content (AvgIpc) is 2.50. The molecule has 0 saturated heterocycles. The van der Waals surface area contributed by atoms with Gasteiger partial charge in [-0.15, -0.1) is 0 Å². The minimum Gasteiger partial charge on any atom is -0.266 e. The molecular formula is C10H7Br2IN2. The largest absolute Gasteiger partial charge is 0.266 e. The summed E-state index contributed by atoms with van der Waals surface area (Å²) >= 11 is 9.18. The molecule has 2 rings (SSSR count). The second kappa shape index (κ2) is 4.97. The quantitative estimate of drug-likeness (QED) is 0.643. The SMILES string of the molecule is Brc1ccccc1Cn1cc(Br)c(I)n1. The van der Waals surface area contributed by atoms with Crippen molar-refractivity contribution in [2.24, 2.45) is 0 Å². The average molecular weight is 442 g/mol. The Morgan fingerprint density at radius 3 is 2.53 bits per heavy atom. The molecular weight excluding hydrogens is 435 g/mol. The van der Waals surface area contributed by atoms with Gasteiger partial charge in [0.25, 0.3) is 0 Å². The topological polar surface area (TPSA) is 17.8 Å². The highest BCUT2D eigenvalue weighted by molar-refractivity contribution is 14.1. The van der Waals surface area contributed by atoms with E-state index in [0.717, 1.165) is 19.2 Å². The van der Waals surface area contributed by atoms with E-state index in [4.69, 9.17) is 0 Å². The third kappa shape index (κ3) is 2.82. The molecule has 0 bridgehead atoms. The Labute approximate surface area is 118 Å². The molecule has 0 fully saturated rings. The lowest BCUT2D eigenvalue weighted by atomic mass is 10.2. The molecule has 2 aromatic rings. The molecule has 0 spiro atoms. The van der Waals surface area contributed by atoms with E-state index in [1.165, 1.54) is 5.56 Å². The Kier molecular flexibility index (Phi) is 3.84. The fraction of sp³-hybridized carbons (Fsp3) is 0.100. The van der Waals surface area contributed by atoms with E-state index < -0.39 is 0 Å². The van der Waals surface area contributed by atoms with Crippen molar-refractivity contribution in [3.63, 3.8) is 0 Å². The molecule has 5 heteroatoms.